The van der Waals surface area contributed by atoms with Crippen LogP contribution in [-0.4, -0.2) is 41.1 Å². The third-order valence-corrected chi connectivity index (χ3v) is 7.13. The molecule has 0 bridgehead atoms. The Labute approximate surface area is 172 Å². The molecular weight excluding hydrogens is 360 g/mol. The normalized spacial score (nSPS) is 27.9. The Bertz CT molecular complexity index is 847. The summed E-state index contributed by atoms with van der Waals surface area (Å²) in [7, 11) is 0. The van der Waals surface area contributed by atoms with Gasteiger partial charge in [0.25, 0.3) is 0 Å². The summed E-state index contributed by atoms with van der Waals surface area (Å²) in [5.74, 6) is 1.57. The summed E-state index contributed by atoms with van der Waals surface area (Å²) in [6.07, 6.45) is 10.1. The minimum atomic E-state index is 0.0295. The molecule has 1 aromatic heterocycles. The second kappa shape index (κ2) is 8.15. The average Bonchev–Trinajstić information content (AvgIpc) is 3.14. The van der Waals surface area contributed by atoms with Crippen LogP contribution >= 0.6 is 0 Å². The van der Waals surface area contributed by atoms with Crippen LogP contribution in [0.25, 0.3) is 11.1 Å². The number of aromatic nitrogens is 1. The second-order valence-corrected chi connectivity index (χ2v) is 8.97. The van der Waals surface area contributed by atoms with E-state index in [1.165, 1.54) is 36.0 Å². The average molecular weight is 391 g/mol. The largest absolute Gasteiger partial charge is 0.333 e. The van der Waals surface area contributed by atoms with E-state index in [-0.39, 0.29) is 6.03 Å². The van der Waals surface area contributed by atoms with Crippen molar-refractivity contribution in [3.05, 3.63) is 54.4 Å². The van der Waals surface area contributed by atoms with Crippen molar-refractivity contribution >= 4 is 6.03 Å². The molecule has 3 atom stereocenters. The van der Waals surface area contributed by atoms with Gasteiger partial charge in [-0.15, -0.1) is 0 Å². The summed E-state index contributed by atoms with van der Waals surface area (Å²) in [5, 5.41) is 6.18. The molecule has 2 aromatic rings. The van der Waals surface area contributed by atoms with Gasteiger partial charge in [0.05, 0.1) is 12.1 Å². The van der Waals surface area contributed by atoms with Crippen LogP contribution < -0.4 is 10.6 Å². The Balaban J connectivity index is 1.15. The van der Waals surface area contributed by atoms with Crippen LogP contribution in [0.5, 0.6) is 0 Å². The fourth-order valence-corrected chi connectivity index (χ4v) is 5.55. The first-order valence-corrected chi connectivity index (χ1v) is 11.0. The van der Waals surface area contributed by atoms with E-state index >= 15 is 0 Å². The molecule has 1 saturated carbocycles. The van der Waals surface area contributed by atoms with Gasteiger partial charge < -0.3 is 10.6 Å². The molecule has 5 nitrogen and oxygen atoms in total. The summed E-state index contributed by atoms with van der Waals surface area (Å²) < 4.78 is 0. The molecule has 1 aliphatic carbocycles. The van der Waals surface area contributed by atoms with Crippen molar-refractivity contribution in [2.75, 3.05) is 13.1 Å². The summed E-state index contributed by atoms with van der Waals surface area (Å²) in [4.78, 5) is 18.7. The number of urea groups is 1. The van der Waals surface area contributed by atoms with Gasteiger partial charge in [0, 0.05) is 24.5 Å². The maximum absolute atomic E-state index is 11.6. The first-order chi connectivity index (χ1) is 14.2. The van der Waals surface area contributed by atoms with Crippen LogP contribution in [0, 0.1) is 11.8 Å². The van der Waals surface area contributed by atoms with E-state index in [0.717, 1.165) is 44.3 Å². The van der Waals surface area contributed by atoms with Gasteiger partial charge in [0.1, 0.15) is 0 Å². The van der Waals surface area contributed by atoms with Gasteiger partial charge in [-0.2, -0.15) is 0 Å². The molecule has 29 heavy (non-hydrogen) atoms. The lowest BCUT2D eigenvalue weighted by atomic mass is 9.73. The van der Waals surface area contributed by atoms with Crippen molar-refractivity contribution in [3.8, 4) is 11.1 Å². The summed E-state index contributed by atoms with van der Waals surface area (Å²) in [6, 6.07) is 13.5. The molecule has 0 radical (unpaired) electrons. The van der Waals surface area contributed by atoms with Crippen LogP contribution in [0.2, 0.25) is 0 Å². The number of benzene rings is 1. The monoisotopic (exact) mass is 390 g/mol. The minimum absolute atomic E-state index is 0.0295. The number of nitrogens with zero attached hydrogens (tertiary/aromatic N) is 2. The lowest BCUT2D eigenvalue weighted by Crippen LogP contribution is -2.43. The number of carbonyl (C=O) groups excluding carboxylic acids is 1. The smallest absolute Gasteiger partial charge is 0.315 e. The van der Waals surface area contributed by atoms with Crippen molar-refractivity contribution in [2.24, 2.45) is 11.8 Å². The molecule has 152 valence electrons. The van der Waals surface area contributed by atoms with E-state index < -0.39 is 0 Å². The lowest BCUT2D eigenvalue weighted by Gasteiger charge is -2.40. The number of rotatable bonds is 4. The van der Waals surface area contributed by atoms with Crippen LogP contribution in [-0.2, 0) is 6.54 Å². The zero-order valence-corrected chi connectivity index (χ0v) is 16.9. The summed E-state index contributed by atoms with van der Waals surface area (Å²) in [6.45, 7) is 3.31. The molecule has 1 aromatic carbocycles. The second-order valence-electron chi connectivity index (χ2n) is 8.97. The first-order valence-electron chi connectivity index (χ1n) is 11.0. The molecule has 2 N–H and O–H groups in total. The predicted octanol–water partition coefficient (Wildman–Crippen LogP) is 3.81. The first kappa shape index (κ1) is 18.6. The van der Waals surface area contributed by atoms with Crippen molar-refractivity contribution in [1.29, 1.82) is 0 Å². The number of piperidine rings is 1. The Hall–Kier alpha value is -2.40. The van der Waals surface area contributed by atoms with Crippen LogP contribution in [0.4, 0.5) is 4.79 Å². The van der Waals surface area contributed by atoms with Gasteiger partial charge in [0.15, 0.2) is 0 Å². The highest BCUT2D eigenvalue weighted by Gasteiger charge is 2.39. The molecule has 5 rings (SSSR count). The van der Waals surface area contributed by atoms with Crippen molar-refractivity contribution in [3.63, 3.8) is 0 Å². The molecule has 3 aliphatic rings. The number of pyridine rings is 1. The topological polar surface area (TPSA) is 57.3 Å². The van der Waals surface area contributed by atoms with E-state index in [1.54, 1.807) is 0 Å². The number of carbonyl (C=O) groups is 1. The quantitative estimate of drug-likeness (QED) is 0.835. The van der Waals surface area contributed by atoms with E-state index in [2.05, 4.69) is 56.9 Å². The Kier molecular flexibility index (Phi) is 5.23. The highest BCUT2D eigenvalue weighted by Crippen LogP contribution is 2.37. The summed E-state index contributed by atoms with van der Waals surface area (Å²) >= 11 is 0. The van der Waals surface area contributed by atoms with Crippen LogP contribution in [0.3, 0.4) is 0 Å². The molecule has 3 heterocycles. The molecule has 3 unspecified atom stereocenters. The van der Waals surface area contributed by atoms with Gasteiger partial charge >= 0.3 is 6.03 Å². The number of hydrogen-bond donors (Lipinski definition) is 2. The molecule has 2 saturated heterocycles. The number of fused-ring (bicyclic) bond motifs is 1. The highest BCUT2D eigenvalue weighted by molar-refractivity contribution is 5.77. The van der Waals surface area contributed by atoms with E-state index in [9.17, 15) is 4.79 Å². The van der Waals surface area contributed by atoms with E-state index in [0.29, 0.717) is 12.1 Å². The van der Waals surface area contributed by atoms with Gasteiger partial charge in [-0.05, 0) is 74.2 Å². The maximum Gasteiger partial charge on any atom is 0.315 e. The molecule has 3 fully saturated rings. The zero-order chi connectivity index (χ0) is 19.6. The Morgan fingerprint density at radius 2 is 1.69 bits per heavy atom. The van der Waals surface area contributed by atoms with E-state index in [1.807, 2.05) is 12.4 Å². The fourth-order valence-electron chi connectivity index (χ4n) is 5.55. The van der Waals surface area contributed by atoms with E-state index in [4.69, 9.17) is 0 Å². The number of hydrogen-bond acceptors (Lipinski definition) is 3. The van der Waals surface area contributed by atoms with Crippen LogP contribution in [0.1, 0.15) is 37.7 Å². The molecule has 5 heteroatoms. The zero-order valence-electron chi connectivity index (χ0n) is 16.9. The van der Waals surface area contributed by atoms with Crippen molar-refractivity contribution in [1.82, 2.24) is 20.5 Å². The highest BCUT2D eigenvalue weighted by atomic mass is 16.2. The van der Waals surface area contributed by atoms with Gasteiger partial charge in [-0.25, -0.2) is 4.79 Å². The summed E-state index contributed by atoms with van der Waals surface area (Å²) in [5.41, 5.74) is 3.72. The van der Waals surface area contributed by atoms with Gasteiger partial charge in [-0.1, -0.05) is 30.3 Å². The Morgan fingerprint density at radius 1 is 0.897 bits per heavy atom. The third-order valence-electron chi connectivity index (χ3n) is 7.13. The van der Waals surface area contributed by atoms with Gasteiger partial charge in [-0.3, -0.25) is 9.88 Å². The third kappa shape index (κ3) is 4.15. The van der Waals surface area contributed by atoms with Gasteiger partial charge in [0.2, 0.25) is 0 Å². The molecular formula is C24H30N4O. The number of likely N-dealkylation sites (tertiary alicyclic amines) is 1. The SMILES string of the molecule is O=C1NC2CCC(C3CCN(Cc4cncc(-c5ccccc5)c4)CC3)CC2N1. The van der Waals surface area contributed by atoms with Crippen molar-refractivity contribution < 1.29 is 4.79 Å². The number of nitrogens with one attached hydrogen (secondary N) is 2. The fraction of sp³-hybridized carbons (Fsp3) is 0.500. The molecule has 2 amide bonds. The minimum Gasteiger partial charge on any atom is -0.333 e. The predicted molar refractivity (Wildman–Crippen MR) is 114 cm³/mol. The molecule has 0 spiro atoms. The number of amides is 2. The lowest BCUT2D eigenvalue weighted by molar-refractivity contribution is 0.112. The van der Waals surface area contributed by atoms with Crippen molar-refractivity contribution in [2.45, 2.75) is 50.7 Å². The Morgan fingerprint density at radius 3 is 2.52 bits per heavy atom. The standard InChI is InChI=1S/C24H30N4O/c29-24-26-22-7-6-20(13-23(22)27-24)19-8-10-28(11-9-19)16-17-12-21(15-25-14-17)18-4-2-1-3-5-18/h1-5,12,14-15,19-20,22-23H,6-11,13,16H2,(H2,26,27,29). The molecule has 2 aliphatic heterocycles. The van der Waals surface area contributed by atoms with Crippen LogP contribution in [0.15, 0.2) is 48.8 Å². The maximum atomic E-state index is 11.6.